The van der Waals surface area contributed by atoms with E-state index in [2.05, 4.69) is 25.7 Å². The fourth-order valence-corrected chi connectivity index (χ4v) is 1.87. The van der Waals surface area contributed by atoms with Gasteiger partial charge < -0.3 is 9.84 Å². The van der Waals surface area contributed by atoms with Gasteiger partial charge in [-0.2, -0.15) is 0 Å². The quantitative estimate of drug-likeness (QED) is 0.643. The molecule has 10 heteroatoms. The van der Waals surface area contributed by atoms with Gasteiger partial charge in [0.2, 0.25) is 0 Å². The number of aliphatic carboxylic acids is 1. The van der Waals surface area contributed by atoms with E-state index in [-0.39, 0.29) is 16.6 Å². The zero-order valence-corrected chi connectivity index (χ0v) is 11.1. The number of carboxylic acid groups (broad SMARTS) is 1. The van der Waals surface area contributed by atoms with Crippen LogP contribution in [0.1, 0.15) is 23.4 Å². The molecule has 1 N–H and O–H groups in total. The summed E-state index contributed by atoms with van der Waals surface area (Å²) in [6.07, 6.45) is -9.13. The van der Waals surface area contributed by atoms with Crippen LogP contribution in [0.2, 0.25) is 0 Å². The molecule has 1 rings (SSSR count). The number of halogens is 6. The lowest BCUT2D eigenvalue weighted by molar-refractivity contribution is -0.275. The molecule has 0 aliphatic rings. The molecule has 0 unspecified atom stereocenters. The number of hydrogen-bond donors (Lipinski definition) is 1. The molecule has 0 radical (unpaired) electrons. The number of aromatic nitrogens is 1. The third-order valence-electron chi connectivity index (χ3n) is 2.08. The van der Waals surface area contributed by atoms with Crippen LogP contribution < -0.4 is 4.74 Å². The van der Waals surface area contributed by atoms with Gasteiger partial charge in [0.05, 0.1) is 12.1 Å². The van der Waals surface area contributed by atoms with E-state index in [9.17, 15) is 26.7 Å². The lowest BCUT2D eigenvalue weighted by Crippen LogP contribution is -2.19. The molecule has 0 saturated heterocycles. The highest BCUT2D eigenvalue weighted by molar-refractivity contribution is 9.08. The Bertz CT molecular complexity index is 506. The van der Waals surface area contributed by atoms with Crippen LogP contribution >= 0.6 is 15.9 Å². The van der Waals surface area contributed by atoms with Crippen molar-refractivity contribution in [3.8, 4) is 5.75 Å². The number of alkyl halides is 6. The summed E-state index contributed by atoms with van der Waals surface area (Å²) >= 11 is 2.90. The van der Waals surface area contributed by atoms with Gasteiger partial charge in [0.1, 0.15) is 5.69 Å². The Morgan fingerprint density at radius 1 is 1.45 bits per heavy atom. The summed E-state index contributed by atoms with van der Waals surface area (Å²) in [5.74, 6) is -2.54. The van der Waals surface area contributed by atoms with Crippen LogP contribution in [0.4, 0.5) is 22.0 Å². The molecule has 20 heavy (non-hydrogen) atoms. The average molecular weight is 364 g/mol. The SMILES string of the molecule is O=C(O)Cc1cc(OC(F)(F)F)c(C(F)F)nc1CBr. The number of pyridine rings is 1. The first kappa shape index (κ1) is 16.6. The molecule has 0 atom stereocenters. The number of nitrogens with zero attached hydrogens (tertiary/aromatic N) is 1. The fourth-order valence-electron chi connectivity index (χ4n) is 1.38. The lowest BCUT2D eigenvalue weighted by atomic mass is 10.1. The average Bonchev–Trinajstić information content (AvgIpc) is 2.25. The Hall–Kier alpha value is -1.45. The van der Waals surface area contributed by atoms with Gasteiger partial charge in [-0.25, -0.2) is 13.8 Å². The number of rotatable bonds is 5. The van der Waals surface area contributed by atoms with Crippen molar-refractivity contribution in [1.29, 1.82) is 0 Å². The predicted molar refractivity (Wildman–Crippen MR) is 59.8 cm³/mol. The third kappa shape index (κ3) is 4.58. The van der Waals surface area contributed by atoms with E-state index in [1.54, 1.807) is 0 Å². The molecule has 0 spiro atoms. The Morgan fingerprint density at radius 3 is 2.45 bits per heavy atom. The third-order valence-corrected chi connectivity index (χ3v) is 2.62. The normalized spacial score (nSPS) is 11.8. The van der Waals surface area contributed by atoms with E-state index in [1.165, 1.54) is 0 Å². The molecule has 0 amide bonds. The van der Waals surface area contributed by atoms with Crippen molar-refractivity contribution in [2.24, 2.45) is 0 Å². The molecule has 0 aliphatic heterocycles. The summed E-state index contributed by atoms with van der Waals surface area (Å²) < 4.78 is 65.2. The Kier molecular flexibility index (Phi) is 5.26. The van der Waals surface area contributed by atoms with Gasteiger partial charge in [0.25, 0.3) is 6.43 Å². The first-order valence-corrected chi connectivity index (χ1v) is 6.10. The molecule has 0 aliphatic carbocycles. The molecule has 0 bridgehead atoms. The second-order valence-corrected chi connectivity index (χ2v) is 4.09. The molecule has 0 aromatic carbocycles. The number of carbonyl (C=O) groups is 1. The summed E-state index contributed by atoms with van der Waals surface area (Å²) in [4.78, 5) is 13.9. The predicted octanol–water partition coefficient (Wildman–Crippen LogP) is 3.44. The summed E-state index contributed by atoms with van der Waals surface area (Å²) in [5.41, 5.74) is -1.42. The molecular weight excluding hydrogens is 357 g/mol. The van der Waals surface area contributed by atoms with Gasteiger partial charge in [-0.05, 0) is 11.6 Å². The first-order valence-electron chi connectivity index (χ1n) is 4.98. The van der Waals surface area contributed by atoms with Crippen LogP contribution in [-0.4, -0.2) is 22.4 Å². The highest BCUT2D eigenvalue weighted by atomic mass is 79.9. The van der Waals surface area contributed by atoms with Gasteiger partial charge in [-0.1, -0.05) is 15.9 Å². The van der Waals surface area contributed by atoms with Crippen molar-refractivity contribution >= 4 is 21.9 Å². The van der Waals surface area contributed by atoms with Crippen molar-refractivity contribution in [3.05, 3.63) is 23.0 Å². The zero-order chi connectivity index (χ0) is 15.5. The Morgan fingerprint density at radius 2 is 2.05 bits per heavy atom. The second-order valence-electron chi connectivity index (χ2n) is 3.53. The molecule has 0 fully saturated rings. The maximum atomic E-state index is 12.7. The van der Waals surface area contributed by atoms with Crippen LogP contribution in [0.15, 0.2) is 6.07 Å². The van der Waals surface area contributed by atoms with E-state index in [1.807, 2.05) is 0 Å². The standard InChI is InChI=1S/C10H7BrF5NO3/c11-3-5-4(2-7(18)19)1-6(20-10(14,15)16)8(17-5)9(12)13/h1,9H,2-3H2,(H,18,19). The van der Waals surface area contributed by atoms with Crippen molar-refractivity contribution < 1.29 is 36.6 Å². The van der Waals surface area contributed by atoms with Crippen molar-refractivity contribution in [1.82, 2.24) is 4.98 Å². The molecule has 1 aromatic rings. The minimum Gasteiger partial charge on any atom is -0.481 e. The van der Waals surface area contributed by atoms with Gasteiger partial charge in [0, 0.05) is 5.33 Å². The van der Waals surface area contributed by atoms with Crippen LogP contribution in [0.25, 0.3) is 0 Å². The smallest absolute Gasteiger partial charge is 0.481 e. The van der Waals surface area contributed by atoms with Crippen molar-refractivity contribution in [2.75, 3.05) is 0 Å². The van der Waals surface area contributed by atoms with Gasteiger partial charge in [0.15, 0.2) is 5.75 Å². The highest BCUT2D eigenvalue weighted by Gasteiger charge is 2.34. The van der Waals surface area contributed by atoms with E-state index in [4.69, 9.17) is 5.11 Å². The number of hydrogen-bond acceptors (Lipinski definition) is 3. The monoisotopic (exact) mass is 363 g/mol. The summed E-state index contributed by atoms with van der Waals surface area (Å²) in [6, 6.07) is 0.618. The van der Waals surface area contributed by atoms with Crippen LogP contribution in [0.3, 0.4) is 0 Å². The minimum absolute atomic E-state index is 0.0817. The Labute approximate surface area is 117 Å². The van der Waals surface area contributed by atoms with Crippen LogP contribution in [0, 0.1) is 0 Å². The van der Waals surface area contributed by atoms with E-state index in [0.717, 1.165) is 0 Å². The second kappa shape index (κ2) is 6.33. The molecule has 0 saturated carbocycles. The zero-order valence-electron chi connectivity index (χ0n) is 9.55. The maximum Gasteiger partial charge on any atom is 0.573 e. The van der Waals surface area contributed by atoms with Gasteiger partial charge >= 0.3 is 12.3 Å². The summed E-state index contributed by atoms with van der Waals surface area (Å²) in [7, 11) is 0. The fraction of sp³-hybridized carbons (Fsp3) is 0.400. The first-order chi connectivity index (χ1) is 9.14. The van der Waals surface area contributed by atoms with Crippen molar-refractivity contribution in [3.63, 3.8) is 0 Å². The summed E-state index contributed by atoms with van der Waals surface area (Å²) in [5, 5.41) is 8.55. The van der Waals surface area contributed by atoms with Gasteiger partial charge in [-0.3, -0.25) is 4.79 Å². The largest absolute Gasteiger partial charge is 0.573 e. The van der Waals surface area contributed by atoms with E-state index >= 15 is 0 Å². The maximum absolute atomic E-state index is 12.7. The topological polar surface area (TPSA) is 59.4 Å². The van der Waals surface area contributed by atoms with Crippen molar-refractivity contribution in [2.45, 2.75) is 24.5 Å². The van der Waals surface area contributed by atoms with Crippen LogP contribution in [-0.2, 0) is 16.5 Å². The van der Waals surface area contributed by atoms with E-state index < -0.39 is 36.6 Å². The molecule has 4 nitrogen and oxygen atoms in total. The lowest BCUT2D eigenvalue weighted by Gasteiger charge is -2.15. The van der Waals surface area contributed by atoms with Crippen LogP contribution in [0.5, 0.6) is 5.75 Å². The molecule has 1 heterocycles. The Balaban J connectivity index is 3.34. The molecule has 1 aromatic heterocycles. The van der Waals surface area contributed by atoms with E-state index in [0.29, 0.717) is 6.07 Å². The highest BCUT2D eigenvalue weighted by Crippen LogP contribution is 2.33. The minimum atomic E-state index is -5.18. The summed E-state index contributed by atoms with van der Waals surface area (Å²) in [6.45, 7) is 0. The number of ether oxygens (including phenoxy) is 1. The molecular formula is C10H7BrF5NO3. The number of carboxylic acids is 1. The van der Waals surface area contributed by atoms with Gasteiger partial charge in [-0.15, -0.1) is 13.2 Å². The molecule has 112 valence electrons.